The van der Waals surface area contributed by atoms with E-state index in [0.29, 0.717) is 6.61 Å². The van der Waals surface area contributed by atoms with Crippen LogP contribution in [0.15, 0.2) is 78.9 Å². The van der Waals surface area contributed by atoms with Gasteiger partial charge in [-0.3, -0.25) is 0 Å². The molecular weight excluding hydrogens is 400 g/mol. The Morgan fingerprint density at radius 2 is 1.53 bits per heavy atom. The summed E-state index contributed by atoms with van der Waals surface area (Å²) < 4.78 is 19.7. The third-order valence-corrected chi connectivity index (χ3v) is 5.47. The Bertz CT molecular complexity index is 1110. The van der Waals surface area contributed by atoms with Crippen LogP contribution in [-0.4, -0.2) is 23.3 Å². The molecule has 0 saturated carbocycles. The number of methoxy groups -OCH3 is 1. The van der Waals surface area contributed by atoms with Crippen molar-refractivity contribution in [2.45, 2.75) is 38.8 Å². The van der Waals surface area contributed by atoms with Crippen LogP contribution >= 0.6 is 0 Å². The van der Waals surface area contributed by atoms with Crippen LogP contribution < -0.4 is 14.2 Å². The highest BCUT2D eigenvalue weighted by molar-refractivity contribution is 5.76. The van der Waals surface area contributed by atoms with Crippen molar-refractivity contribution < 1.29 is 14.2 Å². The molecule has 0 aliphatic carbocycles. The molecule has 4 rings (SSSR count). The van der Waals surface area contributed by atoms with Gasteiger partial charge in [0.25, 0.3) is 0 Å². The maximum absolute atomic E-state index is 6.31. The van der Waals surface area contributed by atoms with Gasteiger partial charge in [0.15, 0.2) is 11.9 Å². The number of hydrogen-bond acceptors (Lipinski definition) is 4. The molecular formula is C27H30N2O3. The van der Waals surface area contributed by atoms with E-state index in [9.17, 15) is 0 Å². The average Bonchev–Trinajstić information content (AvgIpc) is 3.21. The standard InChI is InChI=1S/C27H30N2O3/c1-3-26(32-23-11-5-4-6-12-23)27-28-24-13-7-8-14-25(24)29(27)19-9-10-20-31-22-17-15-21(30-2)16-18-22/h4-8,11-18,26H,3,9-10,19-20H2,1-2H3. The van der Waals surface area contributed by atoms with E-state index in [-0.39, 0.29) is 6.10 Å². The van der Waals surface area contributed by atoms with Crippen molar-refractivity contribution >= 4 is 11.0 Å². The smallest absolute Gasteiger partial charge is 0.156 e. The van der Waals surface area contributed by atoms with Crippen LogP contribution in [-0.2, 0) is 6.54 Å². The molecule has 0 N–H and O–H groups in total. The van der Waals surface area contributed by atoms with E-state index in [1.165, 1.54) is 0 Å². The Labute approximate surface area is 189 Å². The first-order valence-corrected chi connectivity index (χ1v) is 11.2. The largest absolute Gasteiger partial charge is 0.497 e. The summed E-state index contributed by atoms with van der Waals surface area (Å²) in [7, 11) is 1.66. The molecule has 4 aromatic rings. The number of rotatable bonds is 11. The minimum absolute atomic E-state index is 0.0969. The molecule has 5 heteroatoms. The lowest BCUT2D eigenvalue weighted by Gasteiger charge is -2.19. The molecule has 1 aromatic heterocycles. The predicted octanol–water partition coefficient (Wildman–Crippen LogP) is 6.43. The normalized spacial score (nSPS) is 11.9. The van der Waals surface area contributed by atoms with E-state index in [4.69, 9.17) is 19.2 Å². The number of hydrogen-bond donors (Lipinski definition) is 0. The molecule has 0 spiro atoms. The van der Waals surface area contributed by atoms with Gasteiger partial charge in [0.2, 0.25) is 0 Å². The van der Waals surface area contributed by atoms with Gasteiger partial charge in [0.05, 0.1) is 24.8 Å². The second-order valence-corrected chi connectivity index (χ2v) is 7.67. The molecule has 0 aliphatic rings. The lowest BCUT2D eigenvalue weighted by molar-refractivity contribution is 0.186. The van der Waals surface area contributed by atoms with Gasteiger partial charge in [0.1, 0.15) is 17.2 Å². The fraction of sp³-hybridized carbons (Fsp3) is 0.296. The molecule has 0 saturated heterocycles. The molecule has 0 radical (unpaired) electrons. The van der Waals surface area contributed by atoms with Crippen LogP contribution in [0.25, 0.3) is 11.0 Å². The first-order valence-electron chi connectivity index (χ1n) is 11.2. The van der Waals surface area contributed by atoms with Crippen LogP contribution in [0.4, 0.5) is 0 Å². The van der Waals surface area contributed by atoms with E-state index in [0.717, 1.165) is 59.9 Å². The molecule has 0 bridgehead atoms. The van der Waals surface area contributed by atoms with Crippen molar-refractivity contribution in [3.63, 3.8) is 0 Å². The maximum Gasteiger partial charge on any atom is 0.156 e. The van der Waals surface area contributed by atoms with Crippen molar-refractivity contribution in [3.05, 3.63) is 84.7 Å². The van der Waals surface area contributed by atoms with E-state index in [1.54, 1.807) is 7.11 Å². The van der Waals surface area contributed by atoms with Gasteiger partial charge in [0, 0.05) is 6.54 Å². The third kappa shape index (κ3) is 5.22. The summed E-state index contributed by atoms with van der Waals surface area (Å²) >= 11 is 0. The summed E-state index contributed by atoms with van der Waals surface area (Å²) in [6, 6.07) is 26.0. The summed E-state index contributed by atoms with van der Waals surface area (Å²) in [6.45, 7) is 3.68. The SMILES string of the molecule is CCC(Oc1ccccc1)c1nc2ccccc2n1CCCCOc1ccc(OC)cc1. The number of fused-ring (bicyclic) bond motifs is 1. The van der Waals surface area contributed by atoms with Crippen LogP contribution in [0.2, 0.25) is 0 Å². The van der Waals surface area contributed by atoms with Crippen LogP contribution in [0, 0.1) is 0 Å². The highest BCUT2D eigenvalue weighted by Crippen LogP contribution is 2.28. The molecule has 3 aromatic carbocycles. The number of aryl methyl sites for hydroxylation is 1. The van der Waals surface area contributed by atoms with Gasteiger partial charge in [-0.05, 0) is 67.8 Å². The quantitative estimate of drug-likeness (QED) is 0.257. The number of ether oxygens (including phenoxy) is 3. The van der Waals surface area contributed by atoms with E-state index in [1.807, 2.05) is 60.7 Å². The minimum Gasteiger partial charge on any atom is -0.497 e. The number of para-hydroxylation sites is 3. The van der Waals surface area contributed by atoms with E-state index in [2.05, 4.69) is 29.7 Å². The number of aromatic nitrogens is 2. The lowest BCUT2D eigenvalue weighted by Crippen LogP contribution is -2.14. The van der Waals surface area contributed by atoms with Gasteiger partial charge in [-0.1, -0.05) is 37.3 Å². The van der Waals surface area contributed by atoms with Crippen molar-refractivity contribution in [3.8, 4) is 17.2 Å². The summed E-state index contributed by atoms with van der Waals surface area (Å²) in [5.41, 5.74) is 2.15. The van der Waals surface area contributed by atoms with Crippen molar-refractivity contribution in [1.82, 2.24) is 9.55 Å². The Kier molecular flexibility index (Phi) is 7.28. The molecule has 1 unspecified atom stereocenters. The van der Waals surface area contributed by atoms with E-state index < -0.39 is 0 Å². The Hall–Kier alpha value is -3.47. The predicted molar refractivity (Wildman–Crippen MR) is 128 cm³/mol. The maximum atomic E-state index is 6.31. The second-order valence-electron chi connectivity index (χ2n) is 7.67. The number of imidazole rings is 1. The summed E-state index contributed by atoms with van der Waals surface area (Å²) in [5, 5.41) is 0. The minimum atomic E-state index is -0.0969. The van der Waals surface area contributed by atoms with Crippen molar-refractivity contribution in [2.75, 3.05) is 13.7 Å². The fourth-order valence-corrected chi connectivity index (χ4v) is 3.79. The fourth-order valence-electron chi connectivity index (χ4n) is 3.79. The van der Waals surface area contributed by atoms with Crippen LogP contribution in [0.1, 0.15) is 38.1 Å². The zero-order valence-electron chi connectivity index (χ0n) is 18.7. The summed E-state index contributed by atoms with van der Waals surface area (Å²) in [6.07, 6.45) is 2.69. The number of nitrogens with zero attached hydrogens (tertiary/aromatic N) is 2. The molecule has 0 aliphatic heterocycles. The van der Waals surface area contributed by atoms with Crippen molar-refractivity contribution in [2.24, 2.45) is 0 Å². The highest BCUT2D eigenvalue weighted by Gasteiger charge is 2.20. The monoisotopic (exact) mass is 430 g/mol. The van der Waals surface area contributed by atoms with Gasteiger partial charge in [-0.2, -0.15) is 0 Å². The van der Waals surface area contributed by atoms with Crippen LogP contribution in [0.3, 0.4) is 0 Å². The average molecular weight is 431 g/mol. The van der Waals surface area contributed by atoms with E-state index >= 15 is 0 Å². The van der Waals surface area contributed by atoms with Gasteiger partial charge in [-0.25, -0.2) is 4.98 Å². The molecule has 1 atom stereocenters. The van der Waals surface area contributed by atoms with Gasteiger partial charge < -0.3 is 18.8 Å². The molecule has 32 heavy (non-hydrogen) atoms. The zero-order valence-corrected chi connectivity index (χ0v) is 18.7. The molecule has 0 amide bonds. The topological polar surface area (TPSA) is 45.5 Å². The Balaban J connectivity index is 1.42. The van der Waals surface area contributed by atoms with Gasteiger partial charge >= 0.3 is 0 Å². The summed E-state index contributed by atoms with van der Waals surface area (Å²) in [4.78, 5) is 4.94. The molecule has 1 heterocycles. The summed E-state index contributed by atoms with van der Waals surface area (Å²) in [5.74, 6) is 3.54. The third-order valence-electron chi connectivity index (χ3n) is 5.47. The molecule has 166 valence electrons. The van der Waals surface area contributed by atoms with Crippen molar-refractivity contribution in [1.29, 1.82) is 0 Å². The zero-order chi connectivity index (χ0) is 22.2. The van der Waals surface area contributed by atoms with Gasteiger partial charge in [-0.15, -0.1) is 0 Å². The number of benzene rings is 3. The highest BCUT2D eigenvalue weighted by atomic mass is 16.5. The molecule has 5 nitrogen and oxygen atoms in total. The lowest BCUT2D eigenvalue weighted by atomic mass is 10.2. The first-order chi connectivity index (χ1) is 15.8. The number of unbranched alkanes of at least 4 members (excludes halogenated alkanes) is 1. The Morgan fingerprint density at radius 3 is 2.28 bits per heavy atom. The molecule has 0 fully saturated rings. The second kappa shape index (κ2) is 10.7. The van der Waals surface area contributed by atoms with Crippen LogP contribution in [0.5, 0.6) is 17.2 Å². The Morgan fingerprint density at radius 1 is 0.812 bits per heavy atom. The first kappa shape index (κ1) is 21.8.